The smallest absolute Gasteiger partial charge is 0.220 e. The van der Waals surface area contributed by atoms with Gasteiger partial charge in [0.25, 0.3) is 0 Å². The van der Waals surface area contributed by atoms with Gasteiger partial charge in [0.15, 0.2) is 11.5 Å². The van der Waals surface area contributed by atoms with Crippen molar-refractivity contribution in [1.29, 1.82) is 0 Å². The highest BCUT2D eigenvalue weighted by Crippen LogP contribution is 2.36. The zero-order chi connectivity index (χ0) is 18.4. The van der Waals surface area contributed by atoms with Gasteiger partial charge in [0, 0.05) is 18.5 Å². The zero-order valence-electron chi connectivity index (χ0n) is 13.9. The molecule has 2 rings (SSSR count). The largest absolute Gasteiger partial charge is 0.493 e. The fraction of sp³-hybridized carbons (Fsp3) is 0.278. The van der Waals surface area contributed by atoms with Crippen LogP contribution in [0.5, 0.6) is 11.5 Å². The van der Waals surface area contributed by atoms with Crippen LogP contribution in [0.4, 0.5) is 8.78 Å². The molecule has 2 aromatic rings. The van der Waals surface area contributed by atoms with Crippen molar-refractivity contribution >= 4 is 21.8 Å². The minimum atomic E-state index is -0.642. The molecule has 0 aromatic heterocycles. The number of ether oxygens (including phenoxy) is 2. The van der Waals surface area contributed by atoms with Crippen molar-refractivity contribution in [3.8, 4) is 11.5 Å². The molecule has 0 aliphatic heterocycles. The van der Waals surface area contributed by atoms with Crippen LogP contribution in [0.3, 0.4) is 0 Å². The summed E-state index contributed by atoms with van der Waals surface area (Å²) in [5.41, 5.74) is 0.724. The van der Waals surface area contributed by atoms with Crippen LogP contribution < -0.4 is 14.8 Å². The van der Waals surface area contributed by atoms with Gasteiger partial charge < -0.3 is 14.8 Å². The summed E-state index contributed by atoms with van der Waals surface area (Å²) in [6.45, 7) is 0.261. The molecule has 0 bridgehead atoms. The number of benzene rings is 2. The normalized spacial score (nSPS) is 10.4. The van der Waals surface area contributed by atoms with Crippen molar-refractivity contribution in [2.75, 3.05) is 14.2 Å². The third-order valence-electron chi connectivity index (χ3n) is 3.65. The van der Waals surface area contributed by atoms with Crippen molar-refractivity contribution in [3.05, 3.63) is 57.6 Å². The predicted octanol–water partition coefficient (Wildman–Crippen LogP) is 3.99. The highest BCUT2D eigenvalue weighted by atomic mass is 79.9. The molecule has 0 radical (unpaired) electrons. The van der Waals surface area contributed by atoms with E-state index in [0.29, 0.717) is 16.0 Å². The topological polar surface area (TPSA) is 47.6 Å². The van der Waals surface area contributed by atoms with E-state index in [-0.39, 0.29) is 30.9 Å². The maximum atomic E-state index is 13.5. The van der Waals surface area contributed by atoms with Gasteiger partial charge in [-0.15, -0.1) is 0 Å². The average Bonchev–Trinajstić information content (AvgIpc) is 2.59. The maximum Gasteiger partial charge on any atom is 0.220 e. The van der Waals surface area contributed by atoms with Gasteiger partial charge >= 0.3 is 0 Å². The lowest BCUT2D eigenvalue weighted by molar-refractivity contribution is -0.121. The minimum absolute atomic E-state index is 0.0000316. The molecule has 134 valence electrons. The molecule has 0 spiro atoms. The van der Waals surface area contributed by atoms with Crippen LogP contribution in [0.2, 0.25) is 0 Å². The summed E-state index contributed by atoms with van der Waals surface area (Å²) in [7, 11) is 3.06. The number of carbonyl (C=O) groups is 1. The first kappa shape index (κ1) is 19.2. The van der Waals surface area contributed by atoms with Gasteiger partial charge in [-0.05, 0) is 52.2 Å². The lowest BCUT2D eigenvalue weighted by Gasteiger charge is -2.12. The van der Waals surface area contributed by atoms with Crippen LogP contribution in [0, 0.1) is 11.6 Å². The van der Waals surface area contributed by atoms with Crippen molar-refractivity contribution < 1.29 is 23.0 Å². The lowest BCUT2D eigenvalue weighted by Crippen LogP contribution is -2.23. The van der Waals surface area contributed by atoms with Crippen LogP contribution in [0.1, 0.15) is 17.5 Å². The molecule has 0 saturated carbocycles. The van der Waals surface area contributed by atoms with Crippen molar-refractivity contribution in [3.63, 3.8) is 0 Å². The Balaban J connectivity index is 1.95. The molecule has 4 nitrogen and oxygen atoms in total. The third kappa shape index (κ3) is 4.92. The van der Waals surface area contributed by atoms with Gasteiger partial charge in [-0.25, -0.2) is 8.78 Å². The summed E-state index contributed by atoms with van der Waals surface area (Å²) in [4.78, 5) is 12.0. The van der Waals surface area contributed by atoms with Crippen molar-refractivity contribution in [2.24, 2.45) is 0 Å². The standard InChI is InChI=1S/C18H18BrF2NO3/c1-24-16-9-11(8-13(19)18(16)25-2)10-22-17(23)7-6-12-14(20)4-3-5-15(12)21/h3-5,8-9H,6-7,10H2,1-2H3,(H,22,23). The molecule has 2 aromatic carbocycles. The molecular weight excluding hydrogens is 396 g/mol. The molecule has 0 heterocycles. The fourth-order valence-corrected chi connectivity index (χ4v) is 3.02. The molecular formula is C18H18BrF2NO3. The van der Waals surface area contributed by atoms with Crippen molar-refractivity contribution in [1.82, 2.24) is 5.32 Å². The number of rotatable bonds is 7. The number of hydrogen-bond acceptors (Lipinski definition) is 3. The fourth-order valence-electron chi connectivity index (χ4n) is 2.37. The molecule has 0 aliphatic carbocycles. The van der Waals surface area contributed by atoms with E-state index in [9.17, 15) is 13.6 Å². The Morgan fingerprint density at radius 2 is 1.84 bits per heavy atom. The first-order valence-corrected chi connectivity index (χ1v) is 8.35. The van der Waals surface area contributed by atoms with Crippen LogP contribution in [-0.2, 0) is 17.8 Å². The maximum absolute atomic E-state index is 13.5. The van der Waals surface area contributed by atoms with E-state index < -0.39 is 11.6 Å². The molecule has 25 heavy (non-hydrogen) atoms. The predicted molar refractivity (Wildman–Crippen MR) is 93.8 cm³/mol. The second-order valence-corrected chi connectivity index (χ2v) is 6.14. The summed E-state index contributed by atoms with van der Waals surface area (Å²) >= 11 is 3.38. The van der Waals surface area contributed by atoms with Gasteiger partial charge in [-0.1, -0.05) is 6.07 Å². The van der Waals surface area contributed by atoms with Crippen LogP contribution in [-0.4, -0.2) is 20.1 Å². The average molecular weight is 414 g/mol. The molecule has 0 saturated heterocycles. The molecule has 1 N–H and O–H groups in total. The van der Waals surface area contributed by atoms with Gasteiger partial charge in [0.05, 0.1) is 18.7 Å². The van der Waals surface area contributed by atoms with E-state index in [1.807, 2.05) is 0 Å². The van der Waals surface area contributed by atoms with E-state index in [0.717, 1.165) is 5.56 Å². The van der Waals surface area contributed by atoms with Crippen LogP contribution in [0.25, 0.3) is 0 Å². The van der Waals surface area contributed by atoms with Gasteiger partial charge in [0.2, 0.25) is 5.91 Å². The summed E-state index contributed by atoms with van der Waals surface area (Å²) in [6, 6.07) is 7.21. The Labute approximate surface area is 153 Å². The second kappa shape index (κ2) is 8.80. The van der Waals surface area contributed by atoms with Gasteiger partial charge in [-0.3, -0.25) is 4.79 Å². The lowest BCUT2D eigenvalue weighted by atomic mass is 10.1. The number of hydrogen-bond donors (Lipinski definition) is 1. The Hall–Kier alpha value is -2.15. The Morgan fingerprint density at radius 1 is 1.16 bits per heavy atom. The number of nitrogens with one attached hydrogen (secondary N) is 1. The van der Waals surface area contributed by atoms with Gasteiger partial charge in [0.1, 0.15) is 11.6 Å². The summed E-state index contributed by atoms with van der Waals surface area (Å²) < 4.78 is 38.3. The van der Waals surface area contributed by atoms with Crippen LogP contribution >= 0.6 is 15.9 Å². The third-order valence-corrected chi connectivity index (χ3v) is 4.24. The van der Waals surface area contributed by atoms with E-state index in [4.69, 9.17) is 9.47 Å². The molecule has 7 heteroatoms. The quantitative estimate of drug-likeness (QED) is 0.746. The molecule has 1 amide bonds. The van der Waals surface area contributed by atoms with E-state index in [1.54, 1.807) is 12.1 Å². The monoisotopic (exact) mass is 413 g/mol. The minimum Gasteiger partial charge on any atom is -0.493 e. The molecule has 0 aliphatic rings. The number of halogens is 3. The Bertz CT molecular complexity index is 748. The first-order valence-electron chi connectivity index (χ1n) is 7.56. The molecule has 0 unspecified atom stereocenters. The van der Waals surface area contributed by atoms with Crippen LogP contribution in [0.15, 0.2) is 34.8 Å². The zero-order valence-corrected chi connectivity index (χ0v) is 15.5. The first-order chi connectivity index (χ1) is 12.0. The summed E-state index contributed by atoms with van der Waals surface area (Å²) in [5, 5.41) is 2.72. The Morgan fingerprint density at radius 3 is 2.44 bits per heavy atom. The number of carbonyl (C=O) groups excluding carboxylic acids is 1. The van der Waals surface area contributed by atoms with E-state index >= 15 is 0 Å². The van der Waals surface area contributed by atoms with E-state index in [2.05, 4.69) is 21.2 Å². The highest BCUT2D eigenvalue weighted by Gasteiger charge is 2.13. The Kier molecular flexibility index (Phi) is 6.75. The SMILES string of the molecule is COc1cc(CNC(=O)CCc2c(F)cccc2F)cc(Br)c1OC. The molecule has 0 fully saturated rings. The second-order valence-electron chi connectivity index (χ2n) is 5.29. The summed E-state index contributed by atoms with van der Waals surface area (Å²) in [5.74, 6) is -0.482. The number of methoxy groups -OCH3 is 2. The molecule has 0 atom stereocenters. The van der Waals surface area contributed by atoms with E-state index in [1.165, 1.54) is 32.4 Å². The highest BCUT2D eigenvalue weighted by molar-refractivity contribution is 9.10. The van der Waals surface area contributed by atoms with Crippen molar-refractivity contribution in [2.45, 2.75) is 19.4 Å². The summed E-state index contributed by atoms with van der Waals surface area (Å²) in [6.07, 6.45) is -0.00766. The number of amides is 1. The van der Waals surface area contributed by atoms with Gasteiger partial charge in [-0.2, -0.15) is 0 Å².